The first-order valence-electron chi connectivity index (χ1n) is 10.8. The Bertz CT molecular complexity index is 1440. The number of para-hydroxylation sites is 1. The second kappa shape index (κ2) is 8.84. The van der Waals surface area contributed by atoms with Crippen molar-refractivity contribution in [3.05, 3.63) is 82.9 Å². The van der Waals surface area contributed by atoms with Crippen LogP contribution in [0.2, 0.25) is 0 Å². The van der Waals surface area contributed by atoms with E-state index in [0.717, 1.165) is 17.2 Å². The summed E-state index contributed by atoms with van der Waals surface area (Å²) in [7, 11) is -2.17. The molecule has 32 heavy (non-hydrogen) atoms. The van der Waals surface area contributed by atoms with Crippen molar-refractivity contribution in [2.45, 2.75) is 37.6 Å². The average molecular weight is 450 g/mol. The van der Waals surface area contributed by atoms with Gasteiger partial charge in [0.2, 0.25) is 10.0 Å². The fourth-order valence-electron chi connectivity index (χ4n) is 4.04. The Morgan fingerprint density at radius 2 is 1.69 bits per heavy atom. The van der Waals surface area contributed by atoms with Crippen molar-refractivity contribution in [3.8, 4) is 0 Å². The largest absolute Gasteiger partial charge is 0.298 e. The van der Waals surface area contributed by atoms with Crippen LogP contribution in [-0.2, 0) is 17.1 Å². The van der Waals surface area contributed by atoms with E-state index in [1.165, 1.54) is 8.87 Å². The maximum atomic E-state index is 13.8. The topological polar surface area (TPSA) is 72.3 Å². The third-order valence-electron chi connectivity index (χ3n) is 5.88. The highest BCUT2D eigenvalue weighted by Gasteiger charge is 2.32. The molecule has 1 atom stereocenters. The van der Waals surface area contributed by atoms with Gasteiger partial charge in [0.1, 0.15) is 5.82 Å². The minimum absolute atomic E-state index is 0.184. The molecule has 0 spiro atoms. The monoisotopic (exact) mass is 449 g/mol. The predicted octanol–water partition coefficient (Wildman–Crippen LogP) is 4.64. The van der Waals surface area contributed by atoms with Crippen molar-refractivity contribution in [2.75, 3.05) is 6.54 Å². The molecule has 0 radical (unpaired) electrons. The number of unbranched alkanes of at least 4 members (excludes halogenated alkanes) is 1. The highest BCUT2D eigenvalue weighted by molar-refractivity contribution is 7.89. The minimum Gasteiger partial charge on any atom is -0.298 e. The Morgan fingerprint density at radius 1 is 1.00 bits per heavy atom. The summed E-state index contributed by atoms with van der Waals surface area (Å²) in [5.74, 6) is 0.425. The summed E-state index contributed by atoms with van der Waals surface area (Å²) in [6.45, 7) is 4.16. The summed E-state index contributed by atoms with van der Waals surface area (Å²) in [6, 6.07) is 19.4. The van der Waals surface area contributed by atoms with Crippen LogP contribution in [0, 0.1) is 0 Å². The first kappa shape index (κ1) is 22.2. The Labute approximate surface area is 188 Å². The summed E-state index contributed by atoms with van der Waals surface area (Å²) < 4.78 is 30.5. The van der Waals surface area contributed by atoms with Crippen LogP contribution in [0.5, 0.6) is 0 Å². The number of sulfonamides is 1. The SMILES string of the molecule is CCCCN(C(C)c1nc2ccccc2c(=O)n1C)S(=O)(=O)c1ccc2ccccc2c1. The zero-order valence-electron chi connectivity index (χ0n) is 18.5. The fourth-order valence-corrected chi connectivity index (χ4v) is 5.70. The molecule has 4 rings (SSSR count). The molecule has 166 valence electrons. The number of nitrogens with zero attached hydrogens (tertiary/aromatic N) is 3. The van der Waals surface area contributed by atoms with Gasteiger partial charge >= 0.3 is 0 Å². The van der Waals surface area contributed by atoms with Crippen LogP contribution in [0.25, 0.3) is 21.7 Å². The van der Waals surface area contributed by atoms with Gasteiger partial charge in [-0.05, 0) is 48.4 Å². The molecule has 0 saturated heterocycles. The number of benzene rings is 3. The Morgan fingerprint density at radius 3 is 2.44 bits per heavy atom. The van der Waals surface area contributed by atoms with E-state index in [0.29, 0.717) is 29.7 Å². The van der Waals surface area contributed by atoms with Crippen LogP contribution in [-0.4, -0.2) is 28.8 Å². The standard InChI is InChI=1S/C25H27N3O3S/c1-4-5-16-28(32(30,31)21-15-14-19-10-6-7-11-20(19)17-21)18(2)24-26-23-13-9-8-12-22(23)25(29)27(24)3/h6-15,17-18H,4-5,16H2,1-3H3. The van der Waals surface area contributed by atoms with E-state index in [1.54, 1.807) is 44.3 Å². The molecule has 0 fully saturated rings. The van der Waals surface area contributed by atoms with Crippen molar-refractivity contribution in [2.24, 2.45) is 7.05 Å². The highest BCUT2D eigenvalue weighted by Crippen LogP contribution is 2.29. The zero-order valence-corrected chi connectivity index (χ0v) is 19.3. The lowest BCUT2D eigenvalue weighted by Gasteiger charge is -2.29. The van der Waals surface area contributed by atoms with Gasteiger partial charge in [0.15, 0.2) is 0 Å². The van der Waals surface area contributed by atoms with Crippen LogP contribution in [0.4, 0.5) is 0 Å². The third-order valence-corrected chi connectivity index (χ3v) is 7.85. The molecule has 6 nitrogen and oxygen atoms in total. The molecule has 0 saturated carbocycles. The maximum Gasteiger partial charge on any atom is 0.261 e. The second-order valence-electron chi connectivity index (χ2n) is 8.01. The van der Waals surface area contributed by atoms with Gasteiger partial charge in [-0.3, -0.25) is 9.36 Å². The van der Waals surface area contributed by atoms with E-state index in [1.807, 2.05) is 43.3 Å². The molecule has 0 aliphatic rings. The molecule has 3 aromatic carbocycles. The number of aromatic nitrogens is 2. The van der Waals surface area contributed by atoms with E-state index in [9.17, 15) is 13.2 Å². The van der Waals surface area contributed by atoms with Gasteiger partial charge in [0.05, 0.1) is 21.8 Å². The van der Waals surface area contributed by atoms with Gasteiger partial charge in [-0.2, -0.15) is 4.31 Å². The molecule has 0 aliphatic carbocycles. The molecule has 0 N–H and O–H groups in total. The van der Waals surface area contributed by atoms with Crippen LogP contribution < -0.4 is 5.56 Å². The third kappa shape index (κ3) is 3.94. The maximum absolute atomic E-state index is 13.8. The molecule has 0 bridgehead atoms. The van der Waals surface area contributed by atoms with E-state index in [2.05, 4.69) is 4.98 Å². The van der Waals surface area contributed by atoms with Crippen LogP contribution in [0.15, 0.2) is 76.4 Å². The lowest BCUT2D eigenvalue weighted by molar-refractivity contribution is 0.319. The lowest BCUT2D eigenvalue weighted by Crippen LogP contribution is -2.37. The molecule has 7 heteroatoms. The van der Waals surface area contributed by atoms with E-state index >= 15 is 0 Å². The molecule has 1 heterocycles. The lowest BCUT2D eigenvalue weighted by atomic mass is 10.1. The highest BCUT2D eigenvalue weighted by atomic mass is 32.2. The quantitative estimate of drug-likeness (QED) is 0.412. The molecule has 0 aliphatic heterocycles. The molecule has 1 aromatic heterocycles. The Balaban J connectivity index is 1.83. The molecular formula is C25H27N3O3S. The summed E-state index contributed by atoms with van der Waals surface area (Å²) in [6.07, 6.45) is 1.55. The number of hydrogen-bond donors (Lipinski definition) is 0. The summed E-state index contributed by atoms with van der Waals surface area (Å²) >= 11 is 0. The van der Waals surface area contributed by atoms with E-state index < -0.39 is 16.1 Å². The number of rotatable bonds is 7. The average Bonchev–Trinajstić information content (AvgIpc) is 2.81. The molecule has 4 aromatic rings. The summed E-state index contributed by atoms with van der Waals surface area (Å²) in [5, 5.41) is 2.37. The zero-order chi connectivity index (χ0) is 22.9. The Kier molecular flexibility index (Phi) is 6.13. The van der Waals surface area contributed by atoms with E-state index in [-0.39, 0.29) is 10.5 Å². The Hall–Kier alpha value is -3.03. The van der Waals surface area contributed by atoms with Gasteiger partial charge in [-0.1, -0.05) is 55.8 Å². The predicted molar refractivity (Wildman–Crippen MR) is 128 cm³/mol. The van der Waals surface area contributed by atoms with Gasteiger partial charge in [0, 0.05) is 13.6 Å². The van der Waals surface area contributed by atoms with Crippen molar-refractivity contribution < 1.29 is 8.42 Å². The van der Waals surface area contributed by atoms with Gasteiger partial charge in [-0.15, -0.1) is 0 Å². The summed E-state index contributed by atoms with van der Waals surface area (Å²) in [4.78, 5) is 17.8. The van der Waals surface area contributed by atoms with Crippen LogP contribution >= 0.6 is 0 Å². The van der Waals surface area contributed by atoms with Crippen LogP contribution in [0.1, 0.15) is 38.6 Å². The molecule has 1 unspecified atom stereocenters. The van der Waals surface area contributed by atoms with Gasteiger partial charge in [0.25, 0.3) is 5.56 Å². The van der Waals surface area contributed by atoms with Crippen molar-refractivity contribution in [1.82, 2.24) is 13.9 Å². The second-order valence-corrected chi connectivity index (χ2v) is 9.90. The molecule has 0 amide bonds. The van der Waals surface area contributed by atoms with Gasteiger partial charge in [-0.25, -0.2) is 13.4 Å². The fraction of sp³-hybridized carbons (Fsp3) is 0.280. The molecular weight excluding hydrogens is 422 g/mol. The van der Waals surface area contributed by atoms with Crippen molar-refractivity contribution in [1.29, 1.82) is 0 Å². The minimum atomic E-state index is -3.82. The van der Waals surface area contributed by atoms with Gasteiger partial charge < -0.3 is 0 Å². The normalized spacial score (nSPS) is 13.1. The first-order valence-corrected chi connectivity index (χ1v) is 12.2. The van der Waals surface area contributed by atoms with Crippen LogP contribution in [0.3, 0.4) is 0 Å². The summed E-state index contributed by atoms with van der Waals surface area (Å²) in [5.41, 5.74) is 0.381. The first-order chi connectivity index (χ1) is 15.3. The number of hydrogen-bond acceptors (Lipinski definition) is 4. The number of fused-ring (bicyclic) bond motifs is 2. The smallest absolute Gasteiger partial charge is 0.261 e. The van der Waals surface area contributed by atoms with Crippen molar-refractivity contribution in [3.63, 3.8) is 0 Å². The van der Waals surface area contributed by atoms with Crippen molar-refractivity contribution >= 4 is 31.7 Å². The van der Waals surface area contributed by atoms with E-state index in [4.69, 9.17) is 0 Å².